The second kappa shape index (κ2) is 7.71. The Morgan fingerprint density at radius 1 is 0.966 bits per heavy atom. The van der Waals surface area contributed by atoms with Crippen molar-refractivity contribution in [2.75, 3.05) is 16.2 Å². The number of fused-ring (bicyclic) bond motifs is 1. The Kier molecular flexibility index (Phi) is 5.25. The highest BCUT2D eigenvalue weighted by atomic mass is 35.5. The van der Waals surface area contributed by atoms with Crippen LogP contribution in [-0.4, -0.2) is 20.9 Å². The minimum atomic E-state index is -3.86. The molecule has 0 spiro atoms. The molecule has 0 unspecified atom stereocenters. The van der Waals surface area contributed by atoms with Crippen molar-refractivity contribution in [3.05, 3.63) is 87.9 Å². The van der Waals surface area contributed by atoms with E-state index in [1.165, 1.54) is 18.2 Å². The highest BCUT2D eigenvalue weighted by Crippen LogP contribution is 2.33. The Hall–Kier alpha value is -2.54. The number of sulfonamides is 1. The molecule has 0 saturated carbocycles. The van der Waals surface area contributed by atoms with Crippen LogP contribution in [0.1, 0.15) is 15.9 Å². The van der Waals surface area contributed by atoms with Gasteiger partial charge < -0.3 is 4.90 Å². The van der Waals surface area contributed by atoms with Crippen LogP contribution in [0, 0.1) is 0 Å². The first-order valence-electron chi connectivity index (χ1n) is 8.83. The van der Waals surface area contributed by atoms with Gasteiger partial charge in [-0.15, -0.1) is 0 Å². The molecule has 29 heavy (non-hydrogen) atoms. The maximum atomic E-state index is 12.8. The van der Waals surface area contributed by atoms with Crippen LogP contribution in [0.2, 0.25) is 10.0 Å². The minimum absolute atomic E-state index is 0.0984. The Bertz CT molecular complexity index is 1200. The number of hydrogen-bond acceptors (Lipinski definition) is 3. The van der Waals surface area contributed by atoms with Crippen molar-refractivity contribution in [1.82, 2.24) is 0 Å². The van der Waals surface area contributed by atoms with Crippen LogP contribution >= 0.6 is 23.2 Å². The lowest BCUT2D eigenvalue weighted by molar-refractivity contribution is 0.0989. The van der Waals surface area contributed by atoms with Gasteiger partial charge in [-0.1, -0.05) is 41.4 Å². The molecule has 0 radical (unpaired) electrons. The van der Waals surface area contributed by atoms with Gasteiger partial charge in [-0.3, -0.25) is 9.52 Å². The predicted molar refractivity (Wildman–Crippen MR) is 116 cm³/mol. The summed E-state index contributed by atoms with van der Waals surface area (Å²) in [4.78, 5) is 14.5. The SMILES string of the molecule is O=C(c1ccccc1)N1CCc2cc(S(=O)(=O)Nc3cc(Cl)ccc3Cl)ccc21. The topological polar surface area (TPSA) is 66.5 Å². The van der Waals surface area contributed by atoms with Gasteiger partial charge in [-0.05, 0) is 60.5 Å². The Balaban J connectivity index is 1.62. The molecule has 1 N–H and O–H groups in total. The molecule has 0 atom stereocenters. The summed E-state index contributed by atoms with van der Waals surface area (Å²) < 4.78 is 28.1. The van der Waals surface area contributed by atoms with Crippen LogP contribution in [0.5, 0.6) is 0 Å². The number of hydrogen-bond donors (Lipinski definition) is 1. The van der Waals surface area contributed by atoms with E-state index in [-0.39, 0.29) is 21.5 Å². The summed E-state index contributed by atoms with van der Waals surface area (Å²) >= 11 is 12.0. The van der Waals surface area contributed by atoms with Crippen LogP contribution in [0.15, 0.2) is 71.6 Å². The lowest BCUT2D eigenvalue weighted by Crippen LogP contribution is -2.28. The third kappa shape index (κ3) is 3.96. The molecule has 0 saturated heterocycles. The zero-order chi connectivity index (χ0) is 20.6. The molecule has 148 valence electrons. The van der Waals surface area contributed by atoms with Gasteiger partial charge in [0.15, 0.2) is 0 Å². The maximum absolute atomic E-state index is 12.8. The average molecular weight is 447 g/mol. The fourth-order valence-corrected chi connectivity index (χ4v) is 4.79. The van der Waals surface area contributed by atoms with Crippen molar-refractivity contribution in [1.29, 1.82) is 0 Å². The van der Waals surface area contributed by atoms with Crippen LogP contribution in [-0.2, 0) is 16.4 Å². The van der Waals surface area contributed by atoms with Gasteiger partial charge in [0, 0.05) is 22.8 Å². The lowest BCUT2D eigenvalue weighted by atomic mass is 10.1. The van der Waals surface area contributed by atoms with E-state index >= 15 is 0 Å². The number of nitrogens with one attached hydrogen (secondary N) is 1. The molecule has 3 aromatic carbocycles. The van der Waals surface area contributed by atoms with Gasteiger partial charge in [0.2, 0.25) is 0 Å². The monoisotopic (exact) mass is 446 g/mol. The van der Waals surface area contributed by atoms with E-state index in [4.69, 9.17) is 23.2 Å². The fraction of sp³-hybridized carbons (Fsp3) is 0.0952. The van der Waals surface area contributed by atoms with Crippen LogP contribution < -0.4 is 9.62 Å². The molecule has 0 fully saturated rings. The van der Waals surface area contributed by atoms with Gasteiger partial charge in [-0.2, -0.15) is 0 Å². The number of amides is 1. The number of carbonyl (C=O) groups excluding carboxylic acids is 1. The Morgan fingerprint density at radius 2 is 1.72 bits per heavy atom. The first-order chi connectivity index (χ1) is 13.8. The summed E-state index contributed by atoms with van der Waals surface area (Å²) in [5.74, 6) is -0.108. The molecule has 0 bridgehead atoms. The van der Waals surface area contributed by atoms with Crippen LogP contribution in [0.25, 0.3) is 0 Å². The van der Waals surface area contributed by atoms with E-state index < -0.39 is 10.0 Å². The van der Waals surface area contributed by atoms with Crippen molar-refractivity contribution in [2.24, 2.45) is 0 Å². The largest absolute Gasteiger partial charge is 0.308 e. The first-order valence-corrected chi connectivity index (χ1v) is 11.1. The van der Waals surface area contributed by atoms with E-state index in [0.717, 1.165) is 11.3 Å². The predicted octanol–water partition coefficient (Wildman–Crippen LogP) is 5.00. The third-order valence-corrected chi connectivity index (χ3v) is 6.62. The summed E-state index contributed by atoms with van der Waals surface area (Å²) in [6, 6.07) is 18.3. The van der Waals surface area contributed by atoms with E-state index in [2.05, 4.69) is 4.72 Å². The number of carbonyl (C=O) groups is 1. The summed E-state index contributed by atoms with van der Waals surface area (Å²) in [5.41, 5.74) is 2.32. The van der Waals surface area contributed by atoms with Gasteiger partial charge in [0.25, 0.3) is 15.9 Å². The molecule has 1 heterocycles. The lowest BCUT2D eigenvalue weighted by Gasteiger charge is -2.18. The molecule has 1 aliphatic heterocycles. The number of nitrogens with zero attached hydrogens (tertiary/aromatic N) is 1. The van der Waals surface area contributed by atoms with E-state index in [0.29, 0.717) is 23.6 Å². The van der Waals surface area contributed by atoms with Crippen molar-refractivity contribution >= 4 is 50.5 Å². The second-order valence-electron chi connectivity index (χ2n) is 6.59. The van der Waals surface area contributed by atoms with Gasteiger partial charge >= 0.3 is 0 Å². The molecule has 0 aliphatic carbocycles. The average Bonchev–Trinajstić information content (AvgIpc) is 3.14. The normalized spacial score (nSPS) is 13.2. The number of anilines is 2. The van der Waals surface area contributed by atoms with Gasteiger partial charge in [0.05, 0.1) is 15.6 Å². The molecule has 0 aromatic heterocycles. The zero-order valence-electron chi connectivity index (χ0n) is 15.1. The number of rotatable bonds is 4. The number of halogens is 2. The molecule has 5 nitrogen and oxygen atoms in total. The fourth-order valence-electron chi connectivity index (χ4n) is 3.27. The van der Waals surface area contributed by atoms with Crippen molar-refractivity contribution in [3.63, 3.8) is 0 Å². The second-order valence-corrected chi connectivity index (χ2v) is 9.12. The Labute approximate surface area is 178 Å². The molecule has 3 aromatic rings. The Morgan fingerprint density at radius 3 is 2.48 bits per heavy atom. The van der Waals surface area contributed by atoms with Gasteiger partial charge in [0.1, 0.15) is 0 Å². The molecule has 8 heteroatoms. The summed E-state index contributed by atoms with van der Waals surface area (Å²) in [6.07, 6.45) is 0.579. The van der Waals surface area contributed by atoms with E-state index in [1.807, 2.05) is 18.2 Å². The molecule has 1 amide bonds. The minimum Gasteiger partial charge on any atom is -0.308 e. The van der Waals surface area contributed by atoms with Crippen LogP contribution in [0.4, 0.5) is 11.4 Å². The molecule has 1 aliphatic rings. The van der Waals surface area contributed by atoms with E-state index in [1.54, 1.807) is 35.2 Å². The van der Waals surface area contributed by atoms with E-state index in [9.17, 15) is 13.2 Å². The quantitative estimate of drug-likeness (QED) is 0.613. The van der Waals surface area contributed by atoms with Crippen LogP contribution in [0.3, 0.4) is 0 Å². The highest BCUT2D eigenvalue weighted by molar-refractivity contribution is 7.92. The molecule has 4 rings (SSSR count). The zero-order valence-corrected chi connectivity index (χ0v) is 17.4. The maximum Gasteiger partial charge on any atom is 0.261 e. The third-order valence-electron chi connectivity index (χ3n) is 4.70. The molecular formula is C21H16Cl2N2O3S. The van der Waals surface area contributed by atoms with Crippen molar-refractivity contribution in [2.45, 2.75) is 11.3 Å². The molecular weight excluding hydrogens is 431 g/mol. The summed E-state index contributed by atoms with van der Waals surface area (Å²) in [7, 11) is -3.86. The van der Waals surface area contributed by atoms with Gasteiger partial charge in [-0.25, -0.2) is 8.42 Å². The standard InChI is InChI=1S/C21H16Cl2N2O3S/c22-16-6-8-18(23)19(13-16)24-29(27,28)17-7-9-20-15(12-17)10-11-25(20)21(26)14-4-2-1-3-5-14/h1-9,12-13,24H,10-11H2. The van der Waals surface area contributed by atoms with Crippen molar-refractivity contribution in [3.8, 4) is 0 Å². The summed E-state index contributed by atoms with van der Waals surface area (Å²) in [5, 5.41) is 0.620. The highest BCUT2D eigenvalue weighted by Gasteiger charge is 2.27. The smallest absolute Gasteiger partial charge is 0.261 e. The van der Waals surface area contributed by atoms with Crippen molar-refractivity contribution < 1.29 is 13.2 Å². The first kappa shape index (κ1) is 19.8. The summed E-state index contributed by atoms with van der Waals surface area (Å²) in [6.45, 7) is 0.500. The number of benzene rings is 3.